The third kappa shape index (κ3) is 29.6. The second-order valence-electron chi connectivity index (χ2n) is 0. The molecule has 0 saturated carbocycles. The summed E-state index contributed by atoms with van der Waals surface area (Å²) in [6, 6.07) is 0. The molecule has 0 atom stereocenters. The molecule has 0 aromatic rings. The van der Waals surface area contributed by atoms with Crippen molar-refractivity contribution >= 4 is 0 Å². The van der Waals surface area contributed by atoms with Crippen LogP contribution in [0.3, 0.4) is 0 Å². The van der Waals surface area contributed by atoms with E-state index in [2.05, 4.69) is 0 Å². The van der Waals surface area contributed by atoms with E-state index in [4.69, 9.17) is 0 Å². The van der Waals surface area contributed by atoms with E-state index < -0.39 is 0 Å². The van der Waals surface area contributed by atoms with Gasteiger partial charge in [0.1, 0.15) is 0 Å². The summed E-state index contributed by atoms with van der Waals surface area (Å²) >= 11 is 0. The van der Waals surface area contributed by atoms with Crippen LogP contribution in [-0.2, 0) is 88.8 Å². The molecule has 0 aromatic heterocycles. The molecule has 0 rings (SSSR count). The summed E-state index contributed by atoms with van der Waals surface area (Å²) in [5.41, 5.74) is 0. The second-order valence-corrected chi connectivity index (χ2v) is 0. The minimum Gasteiger partial charge on any atom is -0.358 e. The third-order valence-electron chi connectivity index (χ3n) is 0. The van der Waals surface area contributed by atoms with Gasteiger partial charge in [-0.3, -0.25) is 0 Å². The van der Waals surface area contributed by atoms with Crippen LogP contribution in [0.15, 0.2) is 0 Å². The first kappa shape index (κ1) is 69.7. The van der Waals surface area contributed by atoms with Crippen molar-refractivity contribution < 1.29 is 88.8 Å². The van der Waals surface area contributed by atoms with Gasteiger partial charge in [0, 0.05) is 88.8 Å². The predicted octanol–water partition coefficient (Wildman–Crippen LogP) is 0.438. The predicted molar refractivity (Wildman–Crippen MR) is 6.41 cm³/mol. The molecule has 2 radical (unpaired) electrons. The van der Waals surface area contributed by atoms with E-state index in [0.717, 1.165) is 0 Å². The van der Waals surface area contributed by atoms with Crippen LogP contribution >= 0.6 is 0 Å². The van der Waals surface area contributed by atoms with Gasteiger partial charge in [-0.15, -0.1) is 0 Å². The Labute approximate surface area is 95.0 Å². The summed E-state index contributed by atoms with van der Waals surface area (Å²) in [6.45, 7) is 0. The van der Waals surface area contributed by atoms with Gasteiger partial charge in [-0.25, -0.2) is 0 Å². The van der Waals surface area contributed by atoms with Crippen molar-refractivity contribution in [1.82, 2.24) is 0 Å². The van der Waals surface area contributed by atoms with Gasteiger partial charge in [0.25, 0.3) is 0 Å². The van der Waals surface area contributed by atoms with Crippen molar-refractivity contribution in [3.05, 3.63) is 7.43 Å². The van der Waals surface area contributed by atoms with Crippen molar-refractivity contribution in [3.8, 4) is 0 Å². The Morgan fingerprint density at radius 3 is 1.00 bits per heavy atom. The molecule has 6 heavy (non-hydrogen) atoms. The van der Waals surface area contributed by atoms with E-state index >= 15 is 0 Å². The molecular weight excluding hydrogens is 429 g/mol. The largest absolute Gasteiger partial charge is 0.358 e. The van der Waals surface area contributed by atoms with E-state index in [-0.39, 0.29) is 96.2 Å². The van der Waals surface area contributed by atoms with Crippen LogP contribution < -0.4 is 0 Å². The molecule has 0 unspecified atom stereocenters. The van der Waals surface area contributed by atoms with E-state index in [0.29, 0.717) is 0 Å². The van der Waals surface area contributed by atoms with E-state index in [9.17, 15) is 0 Å². The minimum atomic E-state index is 0. The monoisotopic (exact) mass is 431 g/mol. The molecule has 0 N–H and O–H groups in total. The van der Waals surface area contributed by atoms with E-state index in [1.807, 2.05) is 0 Å². The van der Waals surface area contributed by atoms with Crippen molar-refractivity contribution in [2.45, 2.75) is 0 Å². The number of hydrogen-bond acceptors (Lipinski definition) is 0. The molecule has 0 aliphatic carbocycles. The molecule has 0 bridgehead atoms. The average Bonchev–Trinajstić information content (AvgIpc) is 0. The normalized spacial score (nSPS) is 0. The molecule has 0 saturated heterocycles. The summed E-state index contributed by atoms with van der Waals surface area (Å²) in [5.74, 6) is 0. The zero-order valence-electron chi connectivity index (χ0n) is 2.76. The molecule has 0 nitrogen and oxygen atoms in total. The Kier molecular flexibility index (Phi) is 544. The first-order valence-electron chi connectivity index (χ1n) is 0. The Bertz CT molecular complexity index is 15.5. The van der Waals surface area contributed by atoms with Crippen LogP contribution in [-0.4, -0.2) is 0 Å². The Morgan fingerprint density at radius 1 is 1.00 bits per heavy atom. The van der Waals surface area contributed by atoms with Gasteiger partial charge in [-0.1, -0.05) is 0 Å². The fraction of sp³-hybridized carbons (Fsp3) is 0. The maximum absolute atomic E-state index is 0. The first-order chi connectivity index (χ1) is 0. The van der Waals surface area contributed by atoms with Crippen LogP contribution in [0.1, 0.15) is 0 Å². The van der Waals surface area contributed by atoms with Gasteiger partial charge in [0.2, 0.25) is 0 Å². The second kappa shape index (κ2) is 46.8. The van der Waals surface area contributed by atoms with Crippen molar-refractivity contribution in [2.24, 2.45) is 0 Å². The summed E-state index contributed by atoms with van der Waals surface area (Å²) in [6.07, 6.45) is 0. The molecule has 0 fully saturated rings. The SMILES string of the molecule is [CH3-].[Cu].[Fe].[Mn].[Ni].[W]. The Morgan fingerprint density at radius 2 is 1.00 bits per heavy atom. The number of hydrogen-bond donors (Lipinski definition) is 0. The Balaban J connectivity index is 0. The summed E-state index contributed by atoms with van der Waals surface area (Å²) in [7, 11) is 0. The fourth-order valence-corrected chi connectivity index (χ4v) is 0. The van der Waals surface area contributed by atoms with Crippen LogP contribution in [0.5, 0.6) is 0 Å². The van der Waals surface area contributed by atoms with Crippen LogP contribution in [0.2, 0.25) is 0 Å². The summed E-state index contributed by atoms with van der Waals surface area (Å²) in [4.78, 5) is 0. The van der Waals surface area contributed by atoms with Crippen LogP contribution in [0.4, 0.5) is 0 Å². The van der Waals surface area contributed by atoms with Crippen LogP contribution in [0.25, 0.3) is 0 Å². The molecule has 5 heteroatoms. The van der Waals surface area contributed by atoms with Gasteiger partial charge < -0.3 is 7.43 Å². The molecule has 0 aromatic carbocycles. The quantitative estimate of drug-likeness (QED) is 0.386. The maximum atomic E-state index is 0. The van der Waals surface area contributed by atoms with Gasteiger partial charge >= 0.3 is 0 Å². The van der Waals surface area contributed by atoms with Crippen molar-refractivity contribution in [3.63, 3.8) is 0 Å². The van der Waals surface area contributed by atoms with Crippen molar-refractivity contribution in [1.29, 1.82) is 0 Å². The minimum absolute atomic E-state index is 0. The maximum Gasteiger partial charge on any atom is 0 e. The first-order valence-corrected chi connectivity index (χ1v) is 0. The molecule has 0 heterocycles. The van der Waals surface area contributed by atoms with Gasteiger partial charge in [0.15, 0.2) is 0 Å². The van der Waals surface area contributed by atoms with Crippen LogP contribution in [0, 0.1) is 7.43 Å². The standard InChI is InChI=1S/CH3.Cu.Fe.Mn.Ni.W/h1H3;;;;;/q-1;;;;;. The van der Waals surface area contributed by atoms with E-state index in [1.54, 1.807) is 0 Å². The summed E-state index contributed by atoms with van der Waals surface area (Å²) in [5, 5.41) is 0. The Hall–Kier alpha value is 2.74. The molecule has 0 amide bonds. The fourth-order valence-electron chi connectivity index (χ4n) is 0. The van der Waals surface area contributed by atoms with Gasteiger partial charge in [0.05, 0.1) is 0 Å². The average molecular weight is 432 g/mol. The number of rotatable bonds is 0. The zero-order valence-corrected chi connectivity index (χ0v) is 9.90. The topological polar surface area (TPSA) is 0 Å². The van der Waals surface area contributed by atoms with Gasteiger partial charge in [-0.05, 0) is 0 Å². The smallest absolute Gasteiger partial charge is 0 e. The molecule has 50 valence electrons. The molecule has 0 spiro atoms. The zero-order chi connectivity index (χ0) is 0. The summed E-state index contributed by atoms with van der Waals surface area (Å²) < 4.78 is 0. The molecule has 0 aliphatic heterocycles. The molecule has 0 aliphatic rings. The van der Waals surface area contributed by atoms with Crippen molar-refractivity contribution in [2.75, 3.05) is 0 Å². The third-order valence-corrected chi connectivity index (χ3v) is 0. The van der Waals surface area contributed by atoms with E-state index in [1.165, 1.54) is 0 Å². The van der Waals surface area contributed by atoms with Gasteiger partial charge in [-0.2, -0.15) is 0 Å². The molecular formula is CH3CuFeMnNiW-.